The second kappa shape index (κ2) is 3.87. The standard InChI is InChI=1S/C12H16O4/c1-6-8(3)12(16,5-10(13)14)9(4)7(2)11(6)15/h16H,5H2,1-4H3,(H,13,14). The molecule has 0 aliphatic heterocycles. The molecule has 0 heterocycles. The van der Waals surface area contributed by atoms with Crippen LogP contribution in [0.2, 0.25) is 0 Å². The summed E-state index contributed by atoms with van der Waals surface area (Å²) < 4.78 is 0. The van der Waals surface area contributed by atoms with Crippen LogP contribution in [0.25, 0.3) is 0 Å². The van der Waals surface area contributed by atoms with E-state index in [-0.39, 0.29) is 5.78 Å². The van der Waals surface area contributed by atoms with Gasteiger partial charge in [-0.3, -0.25) is 9.59 Å². The number of carbonyl (C=O) groups is 2. The molecule has 2 N–H and O–H groups in total. The van der Waals surface area contributed by atoms with Crippen LogP contribution in [0.15, 0.2) is 22.3 Å². The quantitative estimate of drug-likeness (QED) is 0.744. The Hall–Kier alpha value is -1.42. The van der Waals surface area contributed by atoms with Gasteiger partial charge in [0.2, 0.25) is 0 Å². The summed E-state index contributed by atoms with van der Waals surface area (Å²) in [5.41, 5.74) is 0.221. The molecule has 0 aromatic heterocycles. The highest BCUT2D eigenvalue weighted by molar-refractivity contribution is 6.10. The molecule has 0 unspecified atom stereocenters. The summed E-state index contributed by atoms with van der Waals surface area (Å²) in [4.78, 5) is 22.5. The lowest BCUT2D eigenvalue weighted by Crippen LogP contribution is -2.40. The molecule has 4 heteroatoms. The minimum atomic E-state index is -1.52. The minimum absolute atomic E-state index is 0.120. The van der Waals surface area contributed by atoms with Gasteiger partial charge in [0.15, 0.2) is 5.78 Å². The van der Waals surface area contributed by atoms with E-state index in [0.29, 0.717) is 22.3 Å². The van der Waals surface area contributed by atoms with E-state index in [4.69, 9.17) is 5.11 Å². The third-order valence-electron chi connectivity index (χ3n) is 3.45. The van der Waals surface area contributed by atoms with Crippen molar-refractivity contribution in [2.24, 2.45) is 0 Å². The molecule has 0 radical (unpaired) electrons. The van der Waals surface area contributed by atoms with Crippen LogP contribution in [0, 0.1) is 0 Å². The Morgan fingerprint density at radius 1 is 1.12 bits per heavy atom. The number of ketones is 1. The average Bonchev–Trinajstić information content (AvgIpc) is 2.21. The van der Waals surface area contributed by atoms with Crippen molar-refractivity contribution in [2.45, 2.75) is 39.7 Å². The first kappa shape index (κ1) is 12.6. The Morgan fingerprint density at radius 3 is 1.81 bits per heavy atom. The van der Waals surface area contributed by atoms with Crippen LogP contribution in [0.1, 0.15) is 34.1 Å². The van der Waals surface area contributed by atoms with Crippen LogP contribution in [0.3, 0.4) is 0 Å². The molecule has 1 aliphatic carbocycles. The highest BCUT2D eigenvalue weighted by Gasteiger charge is 2.40. The highest BCUT2D eigenvalue weighted by atomic mass is 16.4. The molecule has 16 heavy (non-hydrogen) atoms. The van der Waals surface area contributed by atoms with Crippen LogP contribution in [0.5, 0.6) is 0 Å². The Bertz CT molecular complexity index is 398. The maximum Gasteiger partial charge on any atom is 0.306 e. The monoisotopic (exact) mass is 224 g/mol. The molecular formula is C12H16O4. The maximum atomic E-state index is 11.7. The molecule has 0 aromatic carbocycles. The summed E-state index contributed by atoms with van der Waals surface area (Å²) in [5, 5.41) is 19.2. The summed E-state index contributed by atoms with van der Waals surface area (Å²) in [6.07, 6.45) is -0.410. The molecule has 0 amide bonds. The number of hydrogen-bond acceptors (Lipinski definition) is 3. The fourth-order valence-electron chi connectivity index (χ4n) is 2.01. The van der Waals surface area contributed by atoms with E-state index in [1.165, 1.54) is 0 Å². The zero-order chi connectivity index (χ0) is 12.7. The highest BCUT2D eigenvalue weighted by Crippen LogP contribution is 2.38. The van der Waals surface area contributed by atoms with Crippen LogP contribution < -0.4 is 0 Å². The van der Waals surface area contributed by atoms with Crippen molar-refractivity contribution >= 4 is 11.8 Å². The van der Waals surface area contributed by atoms with Crippen molar-refractivity contribution in [3.8, 4) is 0 Å². The van der Waals surface area contributed by atoms with E-state index in [1.54, 1.807) is 27.7 Å². The van der Waals surface area contributed by atoms with Crippen molar-refractivity contribution in [2.75, 3.05) is 0 Å². The molecule has 4 nitrogen and oxygen atoms in total. The van der Waals surface area contributed by atoms with Gasteiger partial charge < -0.3 is 10.2 Å². The third kappa shape index (κ3) is 1.69. The Kier molecular flexibility index (Phi) is 3.06. The normalized spacial score (nSPS) is 20.4. The summed E-state index contributed by atoms with van der Waals surface area (Å²) in [6.45, 7) is 6.43. The number of carboxylic acids is 1. The first-order valence-corrected chi connectivity index (χ1v) is 5.06. The van der Waals surface area contributed by atoms with Crippen molar-refractivity contribution in [3.05, 3.63) is 22.3 Å². The predicted molar refractivity (Wildman–Crippen MR) is 59.0 cm³/mol. The molecule has 0 atom stereocenters. The summed E-state index contributed by atoms with van der Waals surface area (Å²) in [6, 6.07) is 0. The summed E-state index contributed by atoms with van der Waals surface area (Å²) in [5.74, 6) is -1.21. The van der Waals surface area contributed by atoms with Crippen molar-refractivity contribution in [1.82, 2.24) is 0 Å². The number of Topliss-reactive ketones (excluding diaryl/α,β-unsaturated/α-hetero) is 1. The third-order valence-corrected chi connectivity index (χ3v) is 3.45. The minimum Gasteiger partial charge on any atom is -0.481 e. The van der Waals surface area contributed by atoms with Crippen LogP contribution in [0.4, 0.5) is 0 Å². The lowest BCUT2D eigenvalue weighted by atomic mass is 9.74. The second-order valence-electron chi connectivity index (χ2n) is 4.26. The zero-order valence-corrected chi connectivity index (χ0v) is 9.92. The zero-order valence-electron chi connectivity index (χ0n) is 9.92. The molecule has 88 valence electrons. The van der Waals surface area contributed by atoms with Gasteiger partial charge in [-0.2, -0.15) is 0 Å². The SMILES string of the molecule is CC1=C(C)C(O)(CC(=O)O)C(C)=C(C)C1=O. The van der Waals surface area contributed by atoms with Gasteiger partial charge >= 0.3 is 5.97 Å². The van der Waals surface area contributed by atoms with Gasteiger partial charge in [0, 0.05) is 0 Å². The number of hydrogen-bond donors (Lipinski definition) is 2. The van der Waals surface area contributed by atoms with Crippen molar-refractivity contribution in [3.63, 3.8) is 0 Å². The molecule has 1 aliphatic rings. The lowest BCUT2D eigenvalue weighted by molar-refractivity contribution is -0.140. The van der Waals surface area contributed by atoms with E-state index >= 15 is 0 Å². The van der Waals surface area contributed by atoms with Gasteiger partial charge in [0.1, 0.15) is 5.60 Å². The number of aliphatic carboxylic acids is 1. The van der Waals surface area contributed by atoms with Gasteiger partial charge in [-0.05, 0) is 50.0 Å². The smallest absolute Gasteiger partial charge is 0.306 e. The van der Waals surface area contributed by atoms with Gasteiger partial charge in [0.25, 0.3) is 0 Å². The average molecular weight is 224 g/mol. The maximum absolute atomic E-state index is 11.7. The Labute approximate surface area is 94.3 Å². The number of aliphatic hydroxyl groups is 1. The molecule has 0 saturated carbocycles. The van der Waals surface area contributed by atoms with E-state index in [9.17, 15) is 14.7 Å². The number of carboxylic acid groups (broad SMARTS) is 1. The fraction of sp³-hybridized carbons (Fsp3) is 0.500. The molecule has 0 fully saturated rings. The number of allylic oxidation sites excluding steroid dienone is 2. The van der Waals surface area contributed by atoms with E-state index in [0.717, 1.165) is 0 Å². The lowest BCUT2D eigenvalue weighted by Gasteiger charge is -2.34. The van der Waals surface area contributed by atoms with Gasteiger partial charge in [-0.15, -0.1) is 0 Å². The van der Waals surface area contributed by atoms with Gasteiger partial charge in [-0.1, -0.05) is 0 Å². The number of rotatable bonds is 2. The Morgan fingerprint density at radius 2 is 1.50 bits per heavy atom. The van der Waals surface area contributed by atoms with E-state index < -0.39 is 18.0 Å². The van der Waals surface area contributed by atoms with E-state index in [1.807, 2.05) is 0 Å². The van der Waals surface area contributed by atoms with Crippen LogP contribution >= 0.6 is 0 Å². The summed E-state index contributed by atoms with van der Waals surface area (Å²) >= 11 is 0. The van der Waals surface area contributed by atoms with E-state index in [2.05, 4.69) is 0 Å². The van der Waals surface area contributed by atoms with Gasteiger partial charge in [0.05, 0.1) is 6.42 Å². The van der Waals surface area contributed by atoms with Crippen molar-refractivity contribution < 1.29 is 19.8 Å². The molecule has 0 aromatic rings. The molecule has 0 saturated heterocycles. The first-order valence-electron chi connectivity index (χ1n) is 5.06. The van der Waals surface area contributed by atoms with Gasteiger partial charge in [-0.25, -0.2) is 0 Å². The molecule has 0 spiro atoms. The fourth-order valence-corrected chi connectivity index (χ4v) is 2.01. The molecule has 0 bridgehead atoms. The van der Waals surface area contributed by atoms with Crippen LogP contribution in [-0.4, -0.2) is 27.6 Å². The largest absolute Gasteiger partial charge is 0.481 e. The number of carbonyl (C=O) groups excluding carboxylic acids is 1. The summed E-state index contributed by atoms with van der Waals surface area (Å²) in [7, 11) is 0. The Balaban J connectivity index is 3.37. The van der Waals surface area contributed by atoms with Crippen LogP contribution in [-0.2, 0) is 9.59 Å². The topological polar surface area (TPSA) is 74.6 Å². The first-order chi connectivity index (χ1) is 7.21. The molecule has 1 rings (SSSR count). The second-order valence-corrected chi connectivity index (χ2v) is 4.26. The van der Waals surface area contributed by atoms with Crippen molar-refractivity contribution in [1.29, 1.82) is 0 Å². The molecular weight excluding hydrogens is 208 g/mol. The predicted octanol–water partition coefficient (Wildman–Crippen LogP) is 1.45.